The molecule has 0 aliphatic rings. The number of pyridine rings is 2. The van der Waals surface area contributed by atoms with Crippen molar-refractivity contribution in [3.8, 4) is 11.1 Å². The minimum absolute atomic E-state index is 0.00491. The molecule has 7 nitrogen and oxygen atoms in total. The Kier molecular flexibility index (Phi) is 5.22. The summed E-state index contributed by atoms with van der Waals surface area (Å²) in [6.07, 6.45) is 6.29. The van der Waals surface area contributed by atoms with Gasteiger partial charge in [0, 0.05) is 41.3 Å². The van der Waals surface area contributed by atoms with Crippen LogP contribution in [0.3, 0.4) is 0 Å². The molecule has 0 fully saturated rings. The number of carboxylic acids is 1. The SMILES string of the molecule is Cc1noc(C)c1[C@H](Cc1cnc2c(-c3ccc(C(=O)O)cc3)c[nH]c2c1)c1ccccn1. The van der Waals surface area contributed by atoms with Crippen LogP contribution in [0.2, 0.25) is 0 Å². The number of aromatic carboxylic acids is 1. The highest BCUT2D eigenvalue weighted by molar-refractivity contribution is 5.94. The fraction of sp³-hybridized carbons (Fsp3) is 0.154. The summed E-state index contributed by atoms with van der Waals surface area (Å²) in [4.78, 5) is 23.8. The van der Waals surface area contributed by atoms with Crippen molar-refractivity contribution in [3.05, 3.63) is 101 Å². The number of fused-ring (bicyclic) bond motifs is 1. The van der Waals surface area contributed by atoms with Gasteiger partial charge < -0.3 is 14.6 Å². The number of aryl methyl sites for hydroxylation is 2. The maximum Gasteiger partial charge on any atom is 0.335 e. The van der Waals surface area contributed by atoms with E-state index in [9.17, 15) is 4.79 Å². The molecule has 0 spiro atoms. The first-order chi connectivity index (χ1) is 16.0. The van der Waals surface area contributed by atoms with E-state index in [2.05, 4.69) is 21.2 Å². The largest absolute Gasteiger partial charge is 0.478 e. The summed E-state index contributed by atoms with van der Waals surface area (Å²) in [5.41, 5.74) is 7.80. The highest BCUT2D eigenvalue weighted by Gasteiger charge is 2.24. The lowest BCUT2D eigenvalue weighted by atomic mass is 9.88. The Labute approximate surface area is 190 Å². The quantitative estimate of drug-likeness (QED) is 0.373. The third-order valence-electron chi connectivity index (χ3n) is 5.94. The Morgan fingerprint density at radius 3 is 2.61 bits per heavy atom. The monoisotopic (exact) mass is 438 g/mol. The van der Waals surface area contributed by atoms with Gasteiger partial charge in [-0.2, -0.15) is 0 Å². The number of aromatic nitrogens is 4. The molecule has 0 saturated carbocycles. The molecule has 0 unspecified atom stereocenters. The molecule has 2 N–H and O–H groups in total. The molecule has 5 aromatic rings. The molecule has 164 valence electrons. The third-order valence-corrected chi connectivity index (χ3v) is 5.94. The van der Waals surface area contributed by atoms with Gasteiger partial charge in [0.15, 0.2) is 0 Å². The molecule has 33 heavy (non-hydrogen) atoms. The average molecular weight is 438 g/mol. The fourth-order valence-corrected chi connectivity index (χ4v) is 4.33. The van der Waals surface area contributed by atoms with Crippen LogP contribution in [0.25, 0.3) is 22.2 Å². The summed E-state index contributed by atoms with van der Waals surface area (Å²) >= 11 is 0. The average Bonchev–Trinajstić information content (AvgIpc) is 3.40. The minimum atomic E-state index is -0.941. The number of H-pyrrole nitrogens is 1. The smallest absolute Gasteiger partial charge is 0.335 e. The number of hydrogen-bond donors (Lipinski definition) is 2. The summed E-state index contributed by atoms with van der Waals surface area (Å²) in [6, 6.07) is 14.8. The number of hydrogen-bond acceptors (Lipinski definition) is 5. The zero-order valence-corrected chi connectivity index (χ0v) is 18.2. The number of nitrogens with one attached hydrogen (secondary N) is 1. The number of carboxylic acid groups (broad SMARTS) is 1. The van der Waals surface area contributed by atoms with Crippen molar-refractivity contribution in [2.45, 2.75) is 26.2 Å². The van der Waals surface area contributed by atoms with E-state index >= 15 is 0 Å². The molecule has 4 aromatic heterocycles. The van der Waals surface area contributed by atoms with E-state index in [-0.39, 0.29) is 11.5 Å². The van der Waals surface area contributed by atoms with Crippen LogP contribution < -0.4 is 0 Å². The van der Waals surface area contributed by atoms with E-state index in [0.29, 0.717) is 6.42 Å². The number of rotatable bonds is 6. The van der Waals surface area contributed by atoms with Crippen molar-refractivity contribution in [3.63, 3.8) is 0 Å². The molecule has 0 aliphatic carbocycles. The molecular formula is C26H22N4O3. The van der Waals surface area contributed by atoms with E-state index < -0.39 is 5.97 Å². The minimum Gasteiger partial charge on any atom is -0.478 e. The van der Waals surface area contributed by atoms with Crippen molar-refractivity contribution >= 4 is 17.0 Å². The number of carbonyl (C=O) groups is 1. The van der Waals surface area contributed by atoms with Crippen molar-refractivity contribution in [2.24, 2.45) is 0 Å². The van der Waals surface area contributed by atoms with Crippen molar-refractivity contribution in [1.82, 2.24) is 20.1 Å². The molecule has 1 atom stereocenters. The number of aromatic amines is 1. The van der Waals surface area contributed by atoms with Gasteiger partial charge in [-0.15, -0.1) is 0 Å². The lowest BCUT2D eigenvalue weighted by molar-refractivity contribution is 0.0697. The maximum atomic E-state index is 11.1. The maximum absolute atomic E-state index is 11.1. The van der Waals surface area contributed by atoms with Gasteiger partial charge in [0.05, 0.1) is 22.3 Å². The molecule has 1 aromatic carbocycles. The Balaban J connectivity index is 1.50. The van der Waals surface area contributed by atoms with Gasteiger partial charge in [-0.1, -0.05) is 23.4 Å². The van der Waals surface area contributed by atoms with Crippen LogP contribution in [-0.2, 0) is 6.42 Å². The normalized spacial score (nSPS) is 12.2. The van der Waals surface area contributed by atoms with Gasteiger partial charge in [0.2, 0.25) is 0 Å². The molecule has 5 rings (SSSR count). The first-order valence-corrected chi connectivity index (χ1v) is 10.6. The lowest BCUT2D eigenvalue weighted by Crippen LogP contribution is -2.09. The van der Waals surface area contributed by atoms with Crippen LogP contribution in [0.5, 0.6) is 0 Å². The van der Waals surface area contributed by atoms with Crippen LogP contribution in [-0.4, -0.2) is 31.2 Å². The molecule has 0 bridgehead atoms. The van der Waals surface area contributed by atoms with E-state index in [1.807, 2.05) is 44.4 Å². The topological polar surface area (TPSA) is 105 Å². The van der Waals surface area contributed by atoms with Crippen LogP contribution in [0, 0.1) is 13.8 Å². The first kappa shape index (κ1) is 20.6. The Morgan fingerprint density at radius 1 is 1.12 bits per heavy atom. The Bertz CT molecular complexity index is 1420. The standard InChI is InChI=1S/C26H22N4O3/c1-15-24(16(2)33-30-15)20(22-5-3-4-10-27-22)11-17-12-23-25(29-13-17)21(14-28-23)18-6-8-19(9-7-18)26(31)32/h3-10,12-14,20,28H,11H2,1-2H3,(H,31,32)/t20-/m1/s1. The highest BCUT2D eigenvalue weighted by Crippen LogP contribution is 2.33. The summed E-state index contributed by atoms with van der Waals surface area (Å²) in [6.45, 7) is 3.88. The van der Waals surface area contributed by atoms with Gasteiger partial charge in [-0.05, 0) is 61.7 Å². The molecule has 0 saturated heterocycles. The van der Waals surface area contributed by atoms with Crippen molar-refractivity contribution < 1.29 is 14.4 Å². The second-order valence-electron chi connectivity index (χ2n) is 8.07. The molecule has 4 heterocycles. The van der Waals surface area contributed by atoms with Crippen molar-refractivity contribution in [2.75, 3.05) is 0 Å². The molecule has 0 aliphatic heterocycles. The van der Waals surface area contributed by atoms with Gasteiger partial charge in [-0.25, -0.2) is 4.79 Å². The zero-order valence-electron chi connectivity index (χ0n) is 18.2. The van der Waals surface area contributed by atoms with Crippen LogP contribution >= 0.6 is 0 Å². The second kappa shape index (κ2) is 8.35. The van der Waals surface area contributed by atoms with E-state index in [4.69, 9.17) is 14.6 Å². The van der Waals surface area contributed by atoms with Gasteiger partial charge in [0.1, 0.15) is 5.76 Å². The first-order valence-electron chi connectivity index (χ1n) is 10.6. The summed E-state index contributed by atoms with van der Waals surface area (Å²) < 4.78 is 5.44. The van der Waals surface area contributed by atoms with Gasteiger partial charge in [0.25, 0.3) is 0 Å². The predicted octanol–water partition coefficient (Wildman–Crippen LogP) is 5.30. The highest BCUT2D eigenvalue weighted by atomic mass is 16.5. The summed E-state index contributed by atoms with van der Waals surface area (Å²) in [7, 11) is 0. The molecule has 0 radical (unpaired) electrons. The van der Waals surface area contributed by atoms with Crippen molar-refractivity contribution in [1.29, 1.82) is 0 Å². The van der Waals surface area contributed by atoms with Crippen LogP contribution in [0.15, 0.2) is 71.6 Å². The van der Waals surface area contributed by atoms with Crippen LogP contribution in [0.4, 0.5) is 0 Å². The summed E-state index contributed by atoms with van der Waals surface area (Å²) in [5.74, 6) is -0.150. The zero-order chi connectivity index (χ0) is 22.9. The molecule has 0 amide bonds. The van der Waals surface area contributed by atoms with Gasteiger partial charge in [-0.3, -0.25) is 9.97 Å². The Morgan fingerprint density at radius 2 is 1.94 bits per heavy atom. The molecule has 7 heteroatoms. The number of benzene rings is 1. The fourth-order valence-electron chi connectivity index (χ4n) is 4.33. The van der Waals surface area contributed by atoms with E-state index in [1.54, 1.807) is 30.5 Å². The second-order valence-corrected chi connectivity index (χ2v) is 8.07. The molecular weight excluding hydrogens is 416 g/mol. The third kappa shape index (κ3) is 3.89. The predicted molar refractivity (Wildman–Crippen MR) is 124 cm³/mol. The summed E-state index contributed by atoms with van der Waals surface area (Å²) in [5, 5.41) is 13.3. The Hall–Kier alpha value is -4.26. The lowest BCUT2D eigenvalue weighted by Gasteiger charge is -2.16. The number of nitrogens with zero attached hydrogens (tertiary/aromatic N) is 3. The van der Waals surface area contributed by atoms with E-state index in [0.717, 1.165) is 50.4 Å². The van der Waals surface area contributed by atoms with Crippen LogP contribution in [0.1, 0.15) is 44.6 Å². The van der Waals surface area contributed by atoms with E-state index in [1.165, 1.54) is 0 Å². The van der Waals surface area contributed by atoms with Gasteiger partial charge >= 0.3 is 5.97 Å².